The maximum Gasteiger partial charge on any atom is 0.269 e. The lowest BCUT2D eigenvalue weighted by molar-refractivity contribution is -0.121. The summed E-state index contributed by atoms with van der Waals surface area (Å²) in [5, 5.41) is 6.32. The predicted octanol–water partition coefficient (Wildman–Crippen LogP) is 2.52. The fourth-order valence-electron chi connectivity index (χ4n) is 2.35. The molecule has 0 unspecified atom stereocenters. The second-order valence-corrected chi connectivity index (χ2v) is 6.87. The van der Waals surface area contributed by atoms with Crippen molar-refractivity contribution in [1.29, 1.82) is 0 Å². The number of ether oxygens (including phenoxy) is 2. The molecule has 0 fully saturated rings. The molecular weight excluding hydrogens is 394 g/mol. The van der Waals surface area contributed by atoms with E-state index in [0.29, 0.717) is 42.2 Å². The molecule has 156 valence electrons. The summed E-state index contributed by atoms with van der Waals surface area (Å²) in [6, 6.07) is 6.53. The molecule has 0 bridgehead atoms. The molecule has 8 nitrogen and oxygen atoms in total. The highest BCUT2D eigenvalue weighted by Crippen LogP contribution is 2.28. The Bertz CT molecular complexity index is 824. The van der Waals surface area contributed by atoms with Crippen molar-refractivity contribution in [3.05, 3.63) is 46.2 Å². The lowest BCUT2D eigenvalue weighted by Crippen LogP contribution is -2.41. The number of carbonyl (C=O) groups is 3. The van der Waals surface area contributed by atoms with Crippen molar-refractivity contribution in [2.24, 2.45) is 0 Å². The summed E-state index contributed by atoms with van der Waals surface area (Å²) in [6.45, 7) is 2.91. The molecule has 0 aliphatic rings. The number of hydrogen-bond acceptors (Lipinski definition) is 6. The average Bonchev–Trinajstić information content (AvgIpc) is 3.28. The third kappa shape index (κ3) is 7.11. The summed E-state index contributed by atoms with van der Waals surface area (Å²) in [5.74, 6) is 0.0148. The SMILES string of the molecule is CCCOc1ccc(C(=O)NNC(=O)CCCNC(=O)c2ccsc2)cc1OC. The second kappa shape index (κ2) is 11.7. The number of thiophene rings is 1. The number of benzene rings is 1. The van der Waals surface area contributed by atoms with Gasteiger partial charge in [0.2, 0.25) is 5.91 Å². The largest absolute Gasteiger partial charge is 0.493 e. The number of hydrogen-bond donors (Lipinski definition) is 3. The van der Waals surface area contributed by atoms with E-state index in [1.165, 1.54) is 18.4 Å². The van der Waals surface area contributed by atoms with Crippen LogP contribution in [0.3, 0.4) is 0 Å². The number of rotatable bonds is 10. The number of amides is 3. The van der Waals surface area contributed by atoms with Crippen LogP contribution in [-0.2, 0) is 4.79 Å². The first-order chi connectivity index (χ1) is 14.0. The third-order valence-corrected chi connectivity index (χ3v) is 4.54. The van der Waals surface area contributed by atoms with Crippen molar-refractivity contribution < 1.29 is 23.9 Å². The van der Waals surface area contributed by atoms with Crippen LogP contribution in [0.1, 0.15) is 46.9 Å². The molecule has 1 aromatic carbocycles. The molecule has 0 aliphatic heterocycles. The van der Waals surface area contributed by atoms with E-state index in [-0.39, 0.29) is 18.2 Å². The molecule has 0 radical (unpaired) electrons. The van der Waals surface area contributed by atoms with Crippen molar-refractivity contribution in [1.82, 2.24) is 16.2 Å². The van der Waals surface area contributed by atoms with Gasteiger partial charge in [0.15, 0.2) is 11.5 Å². The first-order valence-corrected chi connectivity index (χ1v) is 10.2. The number of nitrogens with one attached hydrogen (secondary N) is 3. The summed E-state index contributed by atoms with van der Waals surface area (Å²) in [7, 11) is 1.49. The van der Waals surface area contributed by atoms with Gasteiger partial charge in [0, 0.05) is 29.5 Å². The van der Waals surface area contributed by atoms with E-state index in [1.54, 1.807) is 29.6 Å². The Labute approximate surface area is 173 Å². The minimum atomic E-state index is -0.468. The highest BCUT2D eigenvalue weighted by Gasteiger charge is 2.12. The first kappa shape index (κ1) is 22.2. The fourth-order valence-corrected chi connectivity index (χ4v) is 2.98. The van der Waals surface area contributed by atoms with Gasteiger partial charge in [-0.1, -0.05) is 6.92 Å². The molecule has 0 saturated heterocycles. The van der Waals surface area contributed by atoms with Gasteiger partial charge in [-0.3, -0.25) is 25.2 Å². The van der Waals surface area contributed by atoms with Gasteiger partial charge in [0.25, 0.3) is 11.8 Å². The van der Waals surface area contributed by atoms with Gasteiger partial charge in [-0.05, 0) is 42.5 Å². The lowest BCUT2D eigenvalue weighted by Gasteiger charge is -2.12. The normalized spacial score (nSPS) is 10.1. The van der Waals surface area contributed by atoms with Crippen molar-refractivity contribution in [3.8, 4) is 11.5 Å². The van der Waals surface area contributed by atoms with Crippen LogP contribution in [-0.4, -0.2) is 38.0 Å². The van der Waals surface area contributed by atoms with Crippen LogP contribution in [0, 0.1) is 0 Å². The molecule has 0 spiro atoms. The Balaban J connectivity index is 1.72. The summed E-state index contributed by atoms with van der Waals surface area (Å²) >= 11 is 1.45. The smallest absolute Gasteiger partial charge is 0.269 e. The van der Waals surface area contributed by atoms with Crippen LogP contribution in [0.25, 0.3) is 0 Å². The zero-order valence-electron chi connectivity index (χ0n) is 16.4. The predicted molar refractivity (Wildman–Crippen MR) is 110 cm³/mol. The lowest BCUT2D eigenvalue weighted by atomic mass is 10.2. The maximum atomic E-state index is 12.2. The molecule has 1 heterocycles. The van der Waals surface area contributed by atoms with Crippen molar-refractivity contribution in [2.75, 3.05) is 20.3 Å². The Morgan fingerprint density at radius 3 is 2.55 bits per heavy atom. The van der Waals surface area contributed by atoms with Crippen LogP contribution in [0.2, 0.25) is 0 Å². The van der Waals surface area contributed by atoms with E-state index in [2.05, 4.69) is 16.2 Å². The van der Waals surface area contributed by atoms with Crippen LogP contribution >= 0.6 is 11.3 Å². The number of methoxy groups -OCH3 is 1. The summed E-state index contributed by atoms with van der Waals surface area (Å²) in [5.41, 5.74) is 5.66. The van der Waals surface area contributed by atoms with Gasteiger partial charge in [0.05, 0.1) is 13.7 Å². The Morgan fingerprint density at radius 1 is 1.03 bits per heavy atom. The molecule has 2 aromatic rings. The Kier molecular flexibility index (Phi) is 8.97. The van der Waals surface area contributed by atoms with Gasteiger partial charge >= 0.3 is 0 Å². The van der Waals surface area contributed by atoms with E-state index >= 15 is 0 Å². The van der Waals surface area contributed by atoms with E-state index < -0.39 is 5.91 Å². The van der Waals surface area contributed by atoms with Crippen molar-refractivity contribution >= 4 is 29.1 Å². The zero-order valence-corrected chi connectivity index (χ0v) is 17.3. The topological polar surface area (TPSA) is 106 Å². The Hall–Kier alpha value is -3.07. The number of hydrazine groups is 1. The fraction of sp³-hybridized carbons (Fsp3) is 0.350. The Morgan fingerprint density at radius 2 is 1.86 bits per heavy atom. The molecule has 0 atom stereocenters. The summed E-state index contributed by atoms with van der Waals surface area (Å²) < 4.78 is 10.8. The average molecular weight is 420 g/mol. The van der Waals surface area contributed by atoms with Crippen molar-refractivity contribution in [2.45, 2.75) is 26.2 Å². The van der Waals surface area contributed by atoms with Gasteiger partial charge < -0.3 is 14.8 Å². The molecule has 3 N–H and O–H groups in total. The molecule has 3 amide bonds. The molecule has 2 rings (SSSR count). The first-order valence-electron chi connectivity index (χ1n) is 9.25. The highest BCUT2D eigenvalue weighted by molar-refractivity contribution is 7.08. The minimum Gasteiger partial charge on any atom is -0.493 e. The standard InChI is InChI=1S/C20H25N3O5S/c1-3-10-28-16-7-6-14(12-17(16)27-2)20(26)23-22-18(24)5-4-9-21-19(25)15-8-11-29-13-15/h6-8,11-13H,3-5,9-10H2,1-2H3,(H,21,25)(H,22,24)(H,23,26). The summed E-state index contributed by atoms with van der Waals surface area (Å²) in [6.07, 6.45) is 1.47. The minimum absolute atomic E-state index is 0.164. The van der Waals surface area contributed by atoms with Crippen LogP contribution in [0.4, 0.5) is 0 Å². The third-order valence-electron chi connectivity index (χ3n) is 3.85. The quantitative estimate of drug-likeness (QED) is 0.405. The van der Waals surface area contributed by atoms with Crippen LogP contribution < -0.4 is 25.6 Å². The molecule has 0 saturated carbocycles. The molecule has 1 aromatic heterocycles. The maximum absolute atomic E-state index is 12.2. The molecule has 29 heavy (non-hydrogen) atoms. The van der Waals surface area contributed by atoms with Gasteiger partial charge in [-0.2, -0.15) is 11.3 Å². The van der Waals surface area contributed by atoms with E-state index in [0.717, 1.165) is 6.42 Å². The zero-order chi connectivity index (χ0) is 21.1. The van der Waals surface area contributed by atoms with Gasteiger partial charge in [-0.15, -0.1) is 0 Å². The van der Waals surface area contributed by atoms with Gasteiger partial charge in [-0.25, -0.2) is 0 Å². The van der Waals surface area contributed by atoms with Crippen molar-refractivity contribution in [3.63, 3.8) is 0 Å². The monoisotopic (exact) mass is 419 g/mol. The molecule has 0 aliphatic carbocycles. The molecular formula is C20H25N3O5S. The number of carbonyl (C=O) groups excluding carboxylic acids is 3. The second-order valence-electron chi connectivity index (χ2n) is 6.09. The van der Waals surface area contributed by atoms with E-state index in [4.69, 9.17) is 9.47 Å². The highest BCUT2D eigenvalue weighted by atomic mass is 32.1. The van der Waals surface area contributed by atoms with E-state index in [1.807, 2.05) is 12.3 Å². The van der Waals surface area contributed by atoms with Gasteiger partial charge in [0.1, 0.15) is 0 Å². The summed E-state index contributed by atoms with van der Waals surface area (Å²) in [4.78, 5) is 35.9. The molecule has 9 heteroatoms. The van der Waals surface area contributed by atoms with Crippen LogP contribution in [0.5, 0.6) is 11.5 Å². The van der Waals surface area contributed by atoms with E-state index in [9.17, 15) is 14.4 Å². The van der Waals surface area contributed by atoms with Crippen LogP contribution in [0.15, 0.2) is 35.0 Å².